The number of amides is 3. The number of para-hydroxylation sites is 1. The maximum absolute atomic E-state index is 12.7. The van der Waals surface area contributed by atoms with E-state index < -0.39 is 16.7 Å². The molecule has 0 aromatic heterocycles. The van der Waals surface area contributed by atoms with Crippen molar-refractivity contribution in [3.63, 3.8) is 0 Å². The number of non-ortho nitro benzene ring substituents is 1. The van der Waals surface area contributed by atoms with Gasteiger partial charge in [-0.2, -0.15) is 5.10 Å². The molecule has 10 nitrogen and oxygen atoms in total. The molecule has 3 rings (SSSR count). The van der Waals surface area contributed by atoms with Gasteiger partial charge in [-0.05, 0) is 42.7 Å². The lowest BCUT2D eigenvalue weighted by molar-refractivity contribution is -0.384. The van der Waals surface area contributed by atoms with Gasteiger partial charge in [-0.1, -0.05) is 31.4 Å². The van der Waals surface area contributed by atoms with Crippen LogP contribution in [0.1, 0.15) is 48.0 Å². The summed E-state index contributed by atoms with van der Waals surface area (Å²) in [5.74, 6) is -2.31. The number of nitrogens with zero attached hydrogens (tertiary/aromatic N) is 2. The minimum atomic E-state index is -1.02. The fourth-order valence-electron chi connectivity index (χ4n) is 3.38. The van der Waals surface area contributed by atoms with Crippen molar-refractivity contribution in [3.8, 4) is 0 Å². The molecular weight excluding hydrogens is 414 g/mol. The van der Waals surface area contributed by atoms with Crippen molar-refractivity contribution in [1.29, 1.82) is 0 Å². The number of rotatable bonds is 6. The number of hydrazone groups is 1. The first-order valence-electron chi connectivity index (χ1n) is 10.2. The Morgan fingerprint density at radius 2 is 1.66 bits per heavy atom. The maximum atomic E-state index is 12.7. The first kappa shape index (κ1) is 22.6. The van der Waals surface area contributed by atoms with Crippen molar-refractivity contribution in [1.82, 2.24) is 10.7 Å². The minimum Gasteiger partial charge on any atom is -0.349 e. The molecule has 2 aromatic carbocycles. The number of hydrogen-bond donors (Lipinski definition) is 3. The number of carbonyl (C=O) groups is 3. The van der Waals surface area contributed by atoms with Crippen LogP contribution in [0.2, 0.25) is 0 Å². The van der Waals surface area contributed by atoms with E-state index in [2.05, 4.69) is 21.2 Å². The maximum Gasteiger partial charge on any atom is 0.329 e. The van der Waals surface area contributed by atoms with Gasteiger partial charge in [0.05, 0.1) is 22.4 Å². The highest BCUT2D eigenvalue weighted by atomic mass is 16.6. The van der Waals surface area contributed by atoms with Gasteiger partial charge in [0.15, 0.2) is 0 Å². The Morgan fingerprint density at radius 1 is 0.969 bits per heavy atom. The second-order valence-corrected chi connectivity index (χ2v) is 7.36. The fraction of sp³-hybridized carbons (Fsp3) is 0.273. The highest BCUT2D eigenvalue weighted by Gasteiger charge is 2.20. The summed E-state index contributed by atoms with van der Waals surface area (Å²) in [6.45, 7) is 0. The molecule has 2 aromatic rings. The van der Waals surface area contributed by atoms with E-state index in [9.17, 15) is 24.5 Å². The fourth-order valence-corrected chi connectivity index (χ4v) is 3.38. The van der Waals surface area contributed by atoms with Crippen LogP contribution < -0.4 is 16.1 Å². The summed E-state index contributed by atoms with van der Waals surface area (Å²) in [4.78, 5) is 47.1. The Kier molecular flexibility index (Phi) is 7.63. The molecular formula is C22H23N5O5. The highest BCUT2D eigenvalue weighted by Crippen LogP contribution is 2.20. The van der Waals surface area contributed by atoms with E-state index in [1.165, 1.54) is 36.9 Å². The largest absolute Gasteiger partial charge is 0.349 e. The lowest BCUT2D eigenvalue weighted by Gasteiger charge is -2.23. The van der Waals surface area contributed by atoms with E-state index >= 15 is 0 Å². The zero-order valence-electron chi connectivity index (χ0n) is 17.2. The van der Waals surface area contributed by atoms with Crippen LogP contribution in [-0.4, -0.2) is 34.9 Å². The molecule has 0 unspecified atom stereocenters. The van der Waals surface area contributed by atoms with Gasteiger partial charge in [0, 0.05) is 18.2 Å². The van der Waals surface area contributed by atoms with Crippen LogP contribution >= 0.6 is 0 Å². The van der Waals surface area contributed by atoms with Crippen LogP contribution in [-0.2, 0) is 9.59 Å². The van der Waals surface area contributed by atoms with Gasteiger partial charge in [-0.25, -0.2) is 5.43 Å². The van der Waals surface area contributed by atoms with Crippen LogP contribution in [0.5, 0.6) is 0 Å². The summed E-state index contributed by atoms with van der Waals surface area (Å²) in [5, 5.41) is 19.8. The van der Waals surface area contributed by atoms with E-state index in [0.717, 1.165) is 25.7 Å². The third kappa shape index (κ3) is 6.21. The van der Waals surface area contributed by atoms with E-state index in [4.69, 9.17) is 0 Å². The summed E-state index contributed by atoms with van der Waals surface area (Å²) in [5.41, 5.74) is 3.01. The smallest absolute Gasteiger partial charge is 0.329 e. The van der Waals surface area contributed by atoms with E-state index in [-0.39, 0.29) is 28.9 Å². The molecule has 1 fully saturated rings. The number of anilines is 1. The molecule has 0 heterocycles. The van der Waals surface area contributed by atoms with Gasteiger partial charge >= 0.3 is 11.8 Å². The van der Waals surface area contributed by atoms with E-state index in [0.29, 0.717) is 5.56 Å². The molecule has 3 amide bonds. The standard InChI is InChI=1S/C22H23N5O5/c28-20(24-16-6-2-1-3-7-16)18-8-4-5-9-19(18)25-21(29)22(30)26-23-14-15-10-12-17(13-11-15)27(31)32/h4-5,8-14,16H,1-3,6-7H2,(H,24,28)(H,25,29)(H,26,30)/b23-14+. The molecule has 1 saturated carbocycles. The minimum absolute atomic E-state index is 0.0725. The molecule has 0 bridgehead atoms. The van der Waals surface area contributed by atoms with Crippen molar-refractivity contribution >= 4 is 35.3 Å². The van der Waals surface area contributed by atoms with E-state index in [1.807, 2.05) is 0 Å². The van der Waals surface area contributed by atoms with Gasteiger partial charge in [-0.15, -0.1) is 0 Å². The molecule has 0 radical (unpaired) electrons. The third-order valence-corrected chi connectivity index (χ3v) is 5.05. The summed E-state index contributed by atoms with van der Waals surface area (Å²) in [6.07, 6.45) is 6.42. The molecule has 1 aliphatic carbocycles. The molecule has 0 atom stereocenters. The quantitative estimate of drug-likeness (QED) is 0.276. The predicted molar refractivity (Wildman–Crippen MR) is 118 cm³/mol. The van der Waals surface area contributed by atoms with Crippen molar-refractivity contribution in [2.45, 2.75) is 38.1 Å². The summed E-state index contributed by atoms with van der Waals surface area (Å²) in [7, 11) is 0. The molecule has 0 aliphatic heterocycles. The molecule has 32 heavy (non-hydrogen) atoms. The number of nitro benzene ring substituents is 1. The normalized spacial score (nSPS) is 14.0. The molecule has 1 aliphatic rings. The van der Waals surface area contributed by atoms with Crippen molar-refractivity contribution < 1.29 is 19.3 Å². The number of nitro groups is 1. The second kappa shape index (κ2) is 10.8. The molecule has 0 saturated heterocycles. The Labute approximate surface area is 184 Å². The first-order chi connectivity index (χ1) is 15.4. The van der Waals surface area contributed by atoms with Gasteiger partial charge in [0.2, 0.25) is 0 Å². The van der Waals surface area contributed by atoms with Crippen molar-refractivity contribution in [2.75, 3.05) is 5.32 Å². The zero-order chi connectivity index (χ0) is 22.9. The average molecular weight is 437 g/mol. The Balaban J connectivity index is 1.57. The Bertz CT molecular complexity index is 1030. The van der Waals surface area contributed by atoms with Crippen LogP contribution in [0.25, 0.3) is 0 Å². The topological polar surface area (TPSA) is 143 Å². The Morgan fingerprint density at radius 3 is 2.34 bits per heavy atom. The summed E-state index contributed by atoms with van der Waals surface area (Å²) < 4.78 is 0. The lowest BCUT2D eigenvalue weighted by atomic mass is 9.95. The molecule has 3 N–H and O–H groups in total. The average Bonchev–Trinajstić information content (AvgIpc) is 2.80. The SMILES string of the molecule is O=C(N/N=C/c1ccc([N+](=O)[O-])cc1)C(=O)Nc1ccccc1C(=O)NC1CCCCC1. The number of nitrogens with one attached hydrogen (secondary N) is 3. The number of hydrogen-bond acceptors (Lipinski definition) is 6. The monoisotopic (exact) mass is 437 g/mol. The van der Waals surface area contributed by atoms with Gasteiger partial charge in [0.25, 0.3) is 11.6 Å². The van der Waals surface area contributed by atoms with Crippen molar-refractivity contribution in [3.05, 3.63) is 69.8 Å². The van der Waals surface area contributed by atoms with Crippen LogP contribution in [0.15, 0.2) is 53.6 Å². The zero-order valence-corrected chi connectivity index (χ0v) is 17.2. The second-order valence-electron chi connectivity index (χ2n) is 7.36. The lowest BCUT2D eigenvalue weighted by Crippen LogP contribution is -2.37. The molecule has 10 heteroatoms. The first-order valence-corrected chi connectivity index (χ1v) is 10.2. The van der Waals surface area contributed by atoms with Crippen LogP contribution in [0.3, 0.4) is 0 Å². The summed E-state index contributed by atoms with van der Waals surface area (Å²) in [6, 6.07) is 12.1. The molecule has 166 valence electrons. The predicted octanol–water partition coefficient (Wildman–Crippen LogP) is 2.75. The van der Waals surface area contributed by atoms with Crippen molar-refractivity contribution in [2.24, 2.45) is 5.10 Å². The van der Waals surface area contributed by atoms with Gasteiger partial charge in [-0.3, -0.25) is 24.5 Å². The van der Waals surface area contributed by atoms with Crippen LogP contribution in [0.4, 0.5) is 11.4 Å². The van der Waals surface area contributed by atoms with Crippen LogP contribution in [0, 0.1) is 10.1 Å². The highest BCUT2D eigenvalue weighted by molar-refractivity contribution is 6.40. The van der Waals surface area contributed by atoms with Gasteiger partial charge in [0.1, 0.15) is 0 Å². The summed E-state index contributed by atoms with van der Waals surface area (Å²) >= 11 is 0. The third-order valence-electron chi connectivity index (χ3n) is 5.05. The van der Waals surface area contributed by atoms with Gasteiger partial charge < -0.3 is 10.6 Å². The Hall–Kier alpha value is -4.08. The molecule has 0 spiro atoms. The number of carbonyl (C=O) groups excluding carboxylic acids is 3. The number of benzene rings is 2. The van der Waals surface area contributed by atoms with E-state index in [1.54, 1.807) is 24.3 Å².